The van der Waals surface area contributed by atoms with E-state index in [1.807, 2.05) is 0 Å². The molecule has 5 nitrogen and oxygen atoms in total. The van der Waals surface area contributed by atoms with Crippen LogP contribution in [0.25, 0.3) is 11.3 Å². The Kier molecular flexibility index (Phi) is 3.38. The van der Waals surface area contributed by atoms with Gasteiger partial charge in [-0.1, -0.05) is 5.16 Å². The highest BCUT2D eigenvalue weighted by Gasteiger charge is 2.15. The normalized spacial score (nSPS) is 10.6. The first-order valence-corrected chi connectivity index (χ1v) is 5.09. The lowest BCUT2D eigenvalue weighted by molar-refractivity contribution is 0.0686. The third-order valence-corrected chi connectivity index (χ3v) is 2.36. The molecule has 2 rings (SSSR count). The van der Waals surface area contributed by atoms with E-state index in [1.54, 1.807) is 0 Å². The number of halogens is 1. The highest BCUT2D eigenvalue weighted by atomic mass is 19.1. The maximum Gasteiger partial charge on any atom is 0.358 e. The van der Waals surface area contributed by atoms with Crippen LogP contribution in [0.1, 0.15) is 16.1 Å². The van der Waals surface area contributed by atoms with E-state index in [4.69, 9.17) is 14.4 Å². The van der Waals surface area contributed by atoms with Gasteiger partial charge < -0.3 is 14.4 Å². The zero-order valence-corrected chi connectivity index (χ0v) is 9.51. The predicted octanol–water partition coefficient (Wildman–Crippen LogP) is 2.33. The number of rotatable bonds is 4. The SMILES string of the molecule is COCc1cc(F)ccc1-c1cc(C(=O)O)no1. The van der Waals surface area contributed by atoms with Gasteiger partial charge in [-0.25, -0.2) is 9.18 Å². The average molecular weight is 251 g/mol. The second-order valence-electron chi connectivity index (χ2n) is 3.62. The summed E-state index contributed by atoms with van der Waals surface area (Å²) in [7, 11) is 1.48. The Balaban J connectivity index is 2.45. The summed E-state index contributed by atoms with van der Waals surface area (Å²) in [6.45, 7) is 0.191. The number of carboxylic acids is 1. The van der Waals surface area contributed by atoms with Gasteiger partial charge in [0.25, 0.3) is 0 Å². The number of benzene rings is 1. The molecule has 0 aliphatic carbocycles. The van der Waals surface area contributed by atoms with Gasteiger partial charge in [-0.3, -0.25) is 0 Å². The average Bonchev–Trinajstić information content (AvgIpc) is 2.79. The van der Waals surface area contributed by atoms with Crippen molar-refractivity contribution < 1.29 is 23.6 Å². The van der Waals surface area contributed by atoms with Crippen molar-refractivity contribution in [3.63, 3.8) is 0 Å². The van der Waals surface area contributed by atoms with Crippen LogP contribution < -0.4 is 0 Å². The number of methoxy groups -OCH3 is 1. The molecule has 0 fully saturated rings. The van der Waals surface area contributed by atoms with Crippen LogP contribution in [-0.2, 0) is 11.3 Å². The monoisotopic (exact) mass is 251 g/mol. The van der Waals surface area contributed by atoms with Crippen LogP contribution in [0, 0.1) is 5.82 Å². The summed E-state index contributed by atoms with van der Waals surface area (Å²) in [5.74, 6) is -1.32. The summed E-state index contributed by atoms with van der Waals surface area (Å²) in [4.78, 5) is 10.7. The summed E-state index contributed by atoms with van der Waals surface area (Å²) in [6.07, 6.45) is 0. The fourth-order valence-electron chi connectivity index (χ4n) is 1.58. The second kappa shape index (κ2) is 4.97. The summed E-state index contributed by atoms with van der Waals surface area (Å²) >= 11 is 0. The maximum absolute atomic E-state index is 13.1. The van der Waals surface area contributed by atoms with Crippen molar-refractivity contribution in [3.8, 4) is 11.3 Å². The Morgan fingerprint density at radius 1 is 1.50 bits per heavy atom. The van der Waals surface area contributed by atoms with Gasteiger partial charge in [0.05, 0.1) is 6.61 Å². The molecule has 0 aliphatic heterocycles. The minimum atomic E-state index is -1.18. The van der Waals surface area contributed by atoms with E-state index in [2.05, 4.69) is 5.16 Å². The molecule has 1 heterocycles. The molecule has 0 amide bonds. The molecule has 94 valence electrons. The molecule has 1 N–H and O–H groups in total. The van der Waals surface area contributed by atoms with Gasteiger partial charge in [-0.05, 0) is 23.8 Å². The molecule has 0 radical (unpaired) electrons. The number of ether oxygens (including phenoxy) is 1. The Labute approximate surface area is 102 Å². The van der Waals surface area contributed by atoms with E-state index in [9.17, 15) is 9.18 Å². The molecule has 0 unspecified atom stereocenters. The smallest absolute Gasteiger partial charge is 0.358 e. The quantitative estimate of drug-likeness (QED) is 0.902. The molecular weight excluding hydrogens is 241 g/mol. The van der Waals surface area contributed by atoms with Gasteiger partial charge in [0.1, 0.15) is 5.82 Å². The number of hydrogen-bond donors (Lipinski definition) is 1. The highest BCUT2D eigenvalue weighted by Crippen LogP contribution is 2.26. The number of aromatic nitrogens is 1. The second-order valence-corrected chi connectivity index (χ2v) is 3.62. The summed E-state index contributed by atoms with van der Waals surface area (Å²) in [6, 6.07) is 5.35. The lowest BCUT2D eigenvalue weighted by atomic mass is 10.1. The number of carbonyl (C=O) groups is 1. The molecular formula is C12H10FNO4. The van der Waals surface area contributed by atoms with Crippen molar-refractivity contribution in [3.05, 3.63) is 41.3 Å². The molecule has 0 saturated heterocycles. The van der Waals surface area contributed by atoms with Gasteiger partial charge in [0.2, 0.25) is 0 Å². The van der Waals surface area contributed by atoms with Crippen LogP contribution in [-0.4, -0.2) is 23.3 Å². The van der Waals surface area contributed by atoms with Gasteiger partial charge in [0, 0.05) is 18.7 Å². The summed E-state index contributed by atoms with van der Waals surface area (Å²) in [5.41, 5.74) is 0.918. The van der Waals surface area contributed by atoms with E-state index < -0.39 is 11.8 Å². The van der Waals surface area contributed by atoms with Crippen LogP contribution in [0.2, 0.25) is 0 Å². The molecule has 0 atom stereocenters. The van der Waals surface area contributed by atoms with E-state index in [0.29, 0.717) is 11.1 Å². The molecule has 6 heteroatoms. The third kappa shape index (κ3) is 2.38. The van der Waals surface area contributed by atoms with Crippen LogP contribution in [0.4, 0.5) is 4.39 Å². The van der Waals surface area contributed by atoms with Gasteiger partial charge >= 0.3 is 5.97 Å². The Morgan fingerprint density at radius 3 is 2.89 bits per heavy atom. The lowest BCUT2D eigenvalue weighted by Gasteiger charge is -2.05. The van der Waals surface area contributed by atoms with E-state index in [-0.39, 0.29) is 18.1 Å². The molecule has 1 aromatic carbocycles. The number of aromatic carboxylic acids is 1. The molecule has 1 aromatic heterocycles. The minimum absolute atomic E-state index is 0.191. The number of carboxylic acid groups (broad SMARTS) is 1. The molecule has 18 heavy (non-hydrogen) atoms. The largest absolute Gasteiger partial charge is 0.476 e. The first-order chi connectivity index (χ1) is 8.61. The van der Waals surface area contributed by atoms with Gasteiger partial charge in [-0.2, -0.15) is 0 Å². The van der Waals surface area contributed by atoms with Crippen molar-refractivity contribution in [2.24, 2.45) is 0 Å². The van der Waals surface area contributed by atoms with Crippen molar-refractivity contribution in [1.29, 1.82) is 0 Å². The highest BCUT2D eigenvalue weighted by molar-refractivity contribution is 5.86. The van der Waals surface area contributed by atoms with E-state index in [0.717, 1.165) is 0 Å². The molecule has 0 saturated carbocycles. The predicted molar refractivity (Wildman–Crippen MR) is 59.6 cm³/mol. The first-order valence-electron chi connectivity index (χ1n) is 5.09. The van der Waals surface area contributed by atoms with E-state index >= 15 is 0 Å². The van der Waals surface area contributed by atoms with Crippen molar-refractivity contribution in [2.75, 3.05) is 7.11 Å². The molecule has 0 aliphatic rings. The Hall–Kier alpha value is -2.21. The zero-order chi connectivity index (χ0) is 13.1. The first kappa shape index (κ1) is 12.3. The minimum Gasteiger partial charge on any atom is -0.476 e. The number of nitrogens with zero attached hydrogens (tertiary/aromatic N) is 1. The zero-order valence-electron chi connectivity index (χ0n) is 9.51. The Morgan fingerprint density at radius 2 is 2.28 bits per heavy atom. The van der Waals surface area contributed by atoms with Crippen LogP contribution in [0.3, 0.4) is 0 Å². The van der Waals surface area contributed by atoms with E-state index in [1.165, 1.54) is 31.4 Å². The van der Waals surface area contributed by atoms with Gasteiger partial charge in [-0.15, -0.1) is 0 Å². The van der Waals surface area contributed by atoms with Crippen LogP contribution in [0.5, 0.6) is 0 Å². The van der Waals surface area contributed by atoms with Crippen molar-refractivity contribution in [1.82, 2.24) is 5.16 Å². The van der Waals surface area contributed by atoms with Crippen LogP contribution in [0.15, 0.2) is 28.8 Å². The van der Waals surface area contributed by atoms with Gasteiger partial charge in [0.15, 0.2) is 11.5 Å². The van der Waals surface area contributed by atoms with Crippen molar-refractivity contribution in [2.45, 2.75) is 6.61 Å². The lowest BCUT2D eigenvalue weighted by Crippen LogP contribution is -1.95. The summed E-state index contributed by atoms with van der Waals surface area (Å²) < 4.78 is 23.0. The standard InChI is InChI=1S/C12H10FNO4/c1-17-6-7-4-8(13)2-3-9(7)11-5-10(12(15)16)14-18-11/h2-5H,6H2,1H3,(H,15,16). The van der Waals surface area contributed by atoms with Crippen LogP contribution >= 0.6 is 0 Å². The summed E-state index contributed by atoms with van der Waals surface area (Å²) in [5, 5.41) is 12.2. The van der Waals surface area contributed by atoms with Crippen molar-refractivity contribution >= 4 is 5.97 Å². The molecule has 2 aromatic rings. The fraction of sp³-hybridized carbons (Fsp3) is 0.167. The number of hydrogen-bond acceptors (Lipinski definition) is 4. The fourth-order valence-corrected chi connectivity index (χ4v) is 1.58. The third-order valence-electron chi connectivity index (χ3n) is 2.36. The maximum atomic E-state index is 13.1. The molecule has 0 spiro atoms. The molecule has 0 bridgehead atoms. The topological polar surface area (TPSA) is 72.6 Å². The Bertz CT molecular complexity index is 579.